The molecule has 1 aromatic heterocycles. The number of rotatable bonds is 6. The summed E-state index contributed by atoms with van der Waals surface area (Å²) in [6, 6.07) is 8.13. The van der Waals surface area contributed by atoms with Crippen LogP contribution in [0.1, 0.15) is 18.9 Å². The molecular weight excluding hydrogens is 244 g/mol. The zero-order valence-electron chi connectivity index (χ0n) is 10.6. The second kappa shape index (κ2) is 5.98. The normalized spacial score (nSPS) is 10.9. The number of fused-ring (bicyclic) bond motifs is 1. The second-order valence-electron chi connectivity index (χ2n) is 4.26. The molecule has 2 N–H and O–H groups in total. The Kier molecular flexibility index (Phi) is 4.33. The summed E-state index contributed by atoms with van der Waals surface area (Å²) < 4.78 is 7.69. The molecule has 0 aliphatic heterocycles. The van der Waals surface area contributed by atoms with Crippen molar-refractivity contribution in [3.8, 4) is 0 Å². The van der Waals surface area contributed by atoms with E-state index in [4.69, 9.17) is 22.7 Å². The molecule has 0 spiro atoms. The highest BCUT2D eigenvalue weighted by Crippen LogP contribution is 2.17. The number of benzene rings is 1. The van der Waals surface area contributed by atoms with Crippen LogP contribution in [-0.4, -0.2) is 22.8 Å². The van der Waals surface area contributed by atoms with Crippen molar-refractivity contribution in [2.45, 2.75) is 19.9 Å². The summed E-state index contributed by atoms with van der Waals surface area (Å²) in [7, 11) is 0. The third kappa shape index (κ3) is 2.89. The fraction of sp³-hybridized carbons (Fsp3) is 0.357. The minimum absolute atomic E-state index is 0.441. The summed E-state index contributed by atoms with van der Waals surface area (Å²) in [6.45, 7) is 4.55. The predicted octanol–water partition coefficient (Wildman–Crippen LogP) is 2.70. The largest absolute Gasteiger partial charge is 0.389 e. The van der Waals surface area contributed by atoms with Gasteiger partial charge in [0.1, 0.15) is 4.99 Å². The lowest BCUT2D eigenvalue weighted by Gasteiger charge is -2.06. The van der Waals surface area contributed by atoms with Crippen LogP contribution in [0.25, 0.3) is 10.9 Å². The molecule has 0 saturated heterocycles. The first-order chi connectivity index (χ1) is 8.72. The topological polar surface area (TPSA) is 40.2 Å². The van der Waals surface area contributed by atoms with Gasteiger partial charge in [-0.3, -0.25) is 0 Å². The molecule has 0 atom stereocenters. The highest BCUT2D eigenvalue weighted by molar-refractivity contribution is 7.80. The number of nitrogens with zero attached hydrogens (tertiary/aromatic N) is 1. The van der Waals surface area contributed by atoms with E-state index in [1.54, 1.807) is 0 Å². The van der Waals surface area contributed by atoms with Gasteiger partial charge in [0.2, 0.25) is 0 Å². The smallest absolute Gasteiger partial charge is 0.104 e. The van der Waals surface area contributed by atoms with E-state index in [1.165, 1.54) is 5.52 Å². The molecule has 4 heteroatoms. The van der Waals surface area contributed by atoms with Gasteiger partial charge in [0.25, 0.3) is 0 Å². The van der Waals surface area contributed by atoms with E-state index in [-0.39, 0.29) is 0 Å². The molecular formula is C14H18N2OS. The molecule has 0 radical (unpaired) electrons. The fourth-order valence-electron chi connectivity index (χ4n) is 1.96. The van der Waals surface area contributed by atoms with Gasteiger partial charge >= 0.3 is 0 Å². The van der Waals surface area contributed by atoms with Gasteiger partial charge in [-0.2, -0.15) is 0 Å². The van der Waals surface area contributed by atoms with Crippen molar-refractivity contribution in [1.82, 2.24) is 4.57 Å². The maximum absolute atomic E-state index is 5.63. The first-order valence-electron chi connectivity index (χ1n) is 6.19. The standard InChI is InChI=1S/C14H18N2OS/c1-2-8-17-9-7-16-6-5-11-10-12(14(15)18)3-4-13(11)16/h3-6,10H,2,7-9H2,1H3,(H2,15,18). The van der Waals surface area contributed by atoms with Crippen LogP contribution in [-0.2, 0) is 11.3 Å². The summed E-state index contributed by atoms with van der Waals surface area (Å²) in [5.41, 5.74) is 7.73. The summed E-state index contributed by atoms with van der Waals surface area (Å²) in [5, 5.41) is 1.16. The van der Waals surface area contributed by atoms with Gasteiger partial charge in [0.05, 0.1) is 6.61 Å². The minimum atomic E-state index is 0.441. The van der Waals surface area contributed by atoms with Crippen molar-refractivity contribution in [2.24, 2.45) is 5.73 Å². The number of hydrogen-bond acceptors (Lipinski definition) is 2. The van der Waals surface area contributed by atoms with Gasteiger partial charge in [0, 0.05) is 35.8 Å². The molecule has 0 aliphatic rings. The Bertz CT molecular complexity index is 548. The van der Waals surface area contributed by atoms with Crippen molar-refractivity contribution < 1.29 is 4.74 Å². The van der Waals surface area contributed by atoms with Crippen molar-refractivity contribution in [3.63, 3.8) is 0 Å². The molecule has 3 nitrogen and oxygen atoms in total. The molecule has 2 rings (SSSR count). The number of aromatic nitrogens is 1. The Morgan fingerprint density at radius 3 is 2.89 bits per heavy atom. The molecule has 0 aliphatic carbocycles. The van der Waals surface area contributed by atoms with Crippen molar-refractivity contribution in [1.29, 1.82) is 0 Å². The first-order valence-corrected chi connectivity index (χ1v) is 6.59. The highest BCUT2D eigenvalue weighted by atomic mass is 32.1. The molecule has 1 aromatic carbocycles. The van der Waals surface area contributed by atoms with Gasteiger partial charge < -0.3 is 15.0 Å². The molecule has 0 saturated carbocycles. The third-order valence-corrected chi connectivity index (χ3v) is 3.12. The molecule has 1 heterocycles. The lowest BCUT2D eigenvalue weighted by molar-refractivity contribution is 0.127. The Labute approximate surface area is 113 Å². The van der Waals surface area contributed by atoms with Gasteiger partial charge in [-0.1, -0.05) is 19.1 Å². The molecule has 96 valence electrons. The van der Waals surface area contributed by atoms with Crippen LogP contribution in [0.3, 0.4) is 0 Å². The number of thiocarbonyl (C=S) groups is 1. The third-order valence-electron chi connectivity index (χ3n) is 2.88. The summed E-state index contributed by atoms with van der Waals surface area (Å²) in [5.74, 6) is 0. The molecule has 18 heavy (non-hydrogen) atoms. The molecule has 2 aromatic rings. The fourth-order valence-corrected chi connectivity index (χ4v) is 2.08. The SMILES string of the molecule is CCCOCCn1ccc2cc(C(N)=S)ccc21. The number of ether oxygens (including phenoxy) is 1. The minimum Gasteiger partial charge on any atom is -0.389 e. The summed E-state index contributed by atoms with van der Waals surface area (Å²) in [4.78, 5) is 0.441. The van der Waals surface area contributed by atoms with Crippen molar-refractivity contribution in [2.75, 3.05) is 13.2 Å². The van der Waals surface area contributed by atoms with Crippen molar-refractivity contribution in [3.05, 3.63) is 36.0 Å². The number of hydrogen-bond donors (Lipinski definition) is 1. The van der Waals surface area contributed by atoms with Crippen LogP contribution in [0.4, 0.5) is 0 Å². The van der Waals surface area contributed by atoms with E-state index in [0.717, 1.165) is 37.1 Å². The molecule has 0 unspecified atom stereocenters. The van der Waals surface area contributed by atoms with E-state index in [9.17, 15) is 0 Å². The van der Waals surface area contributed by atoms with Crippen LogP contribution < -0.4 is 5.73 Å². The average molecular weight is 262 g/mol. The maximum atomic E-state index is 5.63. The zero-order chi connectivity index (χ0) is 13.0. The zero-order valence-corrected chi connectivity index (χ0v) is 11.4. The predicted molar refractivity (Wildman–Crippen MR) is 78.9 cm³/mol. The molecule has 0 fully saturated rings. The Hall–Kier alpha value is -1.39. The lowest BCUT2D eigenvalue weighted by atomic mass is 10.1. The van der Waals surface area contributed by atoms with E-state index in [2.05, 4.69) is 29.8 Å². The average Bonchev–Trinajstić information content (AvgIpc) is 2.77. The van der Waals surface area contributed by atoms with E-state index in [0.29, 0.717) is 4.99 Å². The first kappa shape index (κ1) is 13.1. The van der Waals surface area contributed by atoms with E-state index >= 15 is 0 Å². The molecule has 0 amide bonds. The van der Waals surface area contributed by atoms with Crippen LogP contribution in [0.2, 0.25) is 0 Å². The quantitative estimate of drug-likeness (QED) is 0.643. The Morgan fingerprint density at radius 1 is 1.33 bits per heavy atom. The van der Waals surface area contributed by atoms with Crippen LogP contribution in [0, 0.1) is 0 Å². The van der Waals surface area contributed by atoms with Gasteiger partial charge in [-0.15, -0.1) is 0 Å². The summed E-state index contributed by atoms with van der Waals surface area (Å²) >= 11 is 4.98. The van der Waals surface area contributed by atoms with Gasteiger partial charge in [0.15, 0.2) is 0 Å². The highest BCUT2D eigenvalue weighted by Gasteiger charge is 2.03. The number of nitrogens with two attached hydrogens (primary N) is 1. The van der Waals surface area contributed by atoms with Crippen molar-refractivity contribution >= 4 is 28.1 Å². The second-order valence-corrected chi connectivity index (χ2v) is 4.70. The van der Waals surface area contributed by atoms with Crippen LogP contribution in [0.15, 0.2) is 30.5 Å². The monoisotopic (exact) mass is 262 g/mol. The van der Waals surface area contributed by atoms with Crippen LogP contribution >= 0.6 is 12.2 Å². The lowest BCUT2D eigenvalue weighted by Crippen LogP contribution is -2.09. The van der Waals surface area contributed by atoms with Gasteiger partial charge in [-0.25, -0.2) is 0 Å². The van der Waals surface area contributed by atoms with E-state index in [1.807, 2.05) is 12.1 Å². The van der Waals surface area contributed by atoms with Crippen LogP contribution in [0.5, 0.6) is 0 Å². The Balaban J connectivity index is 2.13. The maximum Gasteiger partial charge on any atom is 0.104 e. The Morgan fingerprint density at radius 2 is 2.17 bits per heavy atom. The summed E-state index contributed by atoms with van der Waals surface area (Å²) in [6.07, 6.45) is 3.13. The van der Waals surface area contributed by atoms with E-state index < -0.39 is 0 Å². The molecule has 0 bridgehead atoms. The van der Waals surface area contributed by atoms with Gasteiger partial charge in [-0.05, 0) is 30.7 Å².